The van der Waals surface area contributed by atoms with E-state index in [1.165, 1.54) is 23.2 Å². The lowest BCUT2D eigenvalue weighted by atomic mass is 9.89. The van der Waals surface area contributed by atoms with E-state index in [4.69, 9.17) is 16.3 Å². The molecular formula is C32H32ClFN6O4. The SMILES string of the molecule is COC1CCN(c2cccc3c2CCN(C(=O)c2cn(-c4cccc(Cl)c4F)nn2)C3C(=O)Nc2ccc(CO)cc2)CC1. The number of nitrogens with one attached hydrogen (secondary N) is 1. The number of carbonyl (C=O) groups excluding carboxylic acids is 2. The van der Waals surface area contributed by atoms with Crippen LogP contribution in [0.5, 0.6) is 0 Å². The summed E-state index contributed by atoms with van der Waals surface area (Å²) in [5, 5.41) is 20.3. The van der Waals surface area contributed by atoms with Crippen LogP contribution in [0, 0.1) is 5.82 Å². The molecule has 2 N–H and O–H groups in total. The highest BCUT2D eigenvalue weighted by Gasteiger charge is 2.39. The number of rotatable bonds is 7. The van der Waals surface area contributed by atoms with Crippen LogP contribution in [0.1, 0.15) is 46.1 Å². The van der Waals surface area contributed by atoms with Gasteiger partial charge in [0.2, 0.25) is 0 Å². The van der Waals surface area contributed by atoms with Crippen molar-refractivity contribution in [1.82, 2.24) is 19.9 Å². The third-order valence-electron chi connectivity index (χ3n) is 8.32. The number of nitrogens with zero attached hydrogens (tertiary/aromatic N) is 5. The molecule has 0 radical (unpaired) electrons. The Bertz CT molecular complexity index is 1670. The summed E-state index contributed by atoms with van der Waals surface area (Å²) in [4.78, 5) is 31.8. The number of aliphatic hydroxyl groups excluding tert-OH is 1. The average molecular weight is 619 g/mol. The van der Waals surface area contributed by atoms with Gasteiger partial charge in [0.1, 0.15) is 11.7 Å². The minimum atomic E-state index is -0.965. The van der Waals surface area contributed by atoms with E-state index in [1.807, 2.05) is 12.1 Å². The molecule has 10 nitrogen and oxygen atoms in total. The first kappa shape index (κ1) is 29.7. The van der Waals surface area contributed by atoms with E-state index < -0.39 is 17.8 Å². The molecule has 6 rings (SSSR count). The average Bonchev–Trinajstić information content (AvgIpc) is 3.55. The summed E-state index contributed by atoms with van der Waals surface area (Å²) in [7, 11) is 1.74. The van der Waals surface area contributed by atoms with E-state index in [-0.39, 0.29) is 41.6 Å². The zero-order valence-electron chi connectivity index (χ0n) is 24.1. The van der Waals surface area contributed by atoms with Gasteiger partial charge in [-0.25, -0.2) is 9.07 Å². The van der Waals surface area contributed by atoms with Gasteiger partial charge in [-0.2, -0.15) is 0 Å². The van der Waals surface area contributed by atoms with Gasteiger partial charge in [0.25, 0.3) is 11.8 Å². The highest BCUT2D eigenvalue weighted by molar-refractivity contribution is 6.30. The van der Waals surface area contributed by atoms with Crippen molar-refractivity contribution in [1.29, 1.82) is 0 Å². The number of amides is 2. The van der Waals surface area contributed by atoms with Gasteiger partial charge in [0.05, 0.1) is 23.9 Å². The van der Waals surface area contributed by atoms with Crippen LogP contribution < -0.4 is 10.2 Å². The van der Waals surface area contributed by atoms with Crippen molar-refractivity contribution in [2.45, 2.75) is 38.0 Å². The van der Waals surface area contributed by atoms with Gasteiger partial charge in [-0.1, -0.05) is 47.1 Å². The van der Waals surface area contributed by atoms with Gasteiger partial charge in [-0.15, -0.1) is 5.10 Å². The van der Waals surface area contributed by atoms with E-state index in [1.54, 1.807) is 37.4 Å². The molecule has 1 unspecified atom stereocenters. The molecule has 3 aromatic carbocycles. The van der Waals surface area contributed by atoms with E-state index in [0.29, 0.717) is 17.7 Å². The molecule has 0 saturated carbocycles. The summed E-state index contributed by atoms with van der Waals surface area (Å²) in [6.07, 6.45) is 3.91. The second-order valence-corrected chi connectivity index (χ2v) is 11.3. The molecule has 2 aliphatic rings. The summed E-state index contributed by atoms with van der Waals surface area (Å²) < 4.78 is 21.4. The second-order valence-electron chi connectivity index (χ2n) is 10.9. The first-order valence-corrected chi connectivity index (χ1v) is 14.8. The van der Waals surface area contributed by atoms with Crippen molar-refractivity contribution in [3.8, 4) is 5.69 Å². The topological polar surface area (TPSA) is 113 Å². The van der Waals surface area contributed by atoms with Crippen molar-refractivity contribution in [3.05, 3.63) is 100 Å². The Labute approximate surface area is 259 Å². The Kier molecular flexibility index (Phi) is 8.60. The number of hydrogen-bond acceptors (Lipinski definition) is 7. The maximum atomic E-state index is 14.7. The molecule has 0 spiro atoms. The summed E-state index contributed by atoms with van der Waals surface area (Å²) in [5.74, 6) is -1.58. The van der Waals surface area contributed by atoms with Crippen LogP contribution in [-0.2, 0) is 22.6 Å². The summed E-state index contributed by atoms with van der Waals surface area (Å²) in [6, 6.07) is 16.3. The Balaban J connectivity index is 1.34. The molecular weight excluding hydrogens is 587 g/mol. The van der Waals surface area contributed by atoms with Crippen LogP contribution in [0.25, 0.3) is 5.69 Å². The first-order chi connectivity index (χ1) is 21.4. The summed E-state index contributed by atoms with van der Waals surface area (Å²) in [6.45, 7) is 1.80. The quantitative estimate of drug-likeness (QED) is 0.313. The minimum Gasteiger partial charge on any atom is -0.392 e. The fraction of sp³-hybridized carbons (Fsp3) is 0.312. The summed E-state index contributed by atoms with van der Waals surface area (Å²) >= 11 is 5.95. The molecule has 228 valence electrons. The third-order valence-corrected chi connectivity index (χ3v) is 8.61. The molecule has 44 heavy (non-hydrogen) atoms. The first-order valence-electron chi connectivity index (χ1n) is 14.5. The number of aliphatic hydroxyl groups is 1. The maximum absolute atomic E-state index is 14.7. The molecule has 12 heteroatoms. The monoisotopic (exact) mass is 618 g/mol. The van der Waals surface area contributed by atoms with Gasteiger partial charge >= 0.3 is 0 Å². The standard InChI is InChI=1S/C32H32ClFN6O4/c1-44-22-12-15-38(16-13-22)27-6-2-4-24-23(27)14-17-39(30(24)31(42)35-21-10-8-20(19-41)9-11-21)32(43)26-18-40(37-36-26)28-7-3-5-25(33)29(28)34/h2-11,18,22,30,41H,12-17,19H2,1H3,(H,35,42). The highest BCUT2D eigenvalue weighted by atomic mass is 35.5. The molecule has 2 aliphatic heterocycles. The number of halogens is 2. The van der Waals surface area contributed by atoms with E-state index in [0.717, 1.165) is 47.4 Å². The number of methoxy groups -OCH3 is 1. The smallest absolute Gasteiger partial charge is 0.277 e. The Hall–Kier alpha value is -4.32. The van der Waals surface area contributed by atoms with Crippen LogP contribution in [0.2, 0.25) is 5.02 Å². The van der Waals surface area contributed by atoms with Crippen LogP contribution in [0.15, 0.2) is 66.9 Å². The predicted octanol–water partition coefficient (Wildman–Crippen LogP) is 4.55. The zero-order valence-corrected chi connectivity index (χ0v) is 24.9. The van der Waals surface area contributed by atoms with E-state index in [9.17, 15) is 19.1 Å². The molecule has 0 bridgehead atoms. The van der Waals surface area contributed by atoms with E-state index >= 15 is 0 Å². The maximum Gasteiger partial charge on any atom is 0.277 e. The molecule has 1 atom stereocenters. The van der Waals surface area contributed by atoms with Crippen molar-refractivity contribution in [2.24, 2.45) is 0 Å². The number of piperidine rings is 1. The fourth-order valence-electron chi connectivity index (χ4n) is 5.98. The molecule has 1 aromatic heterocycles. The van der Waals surface area contributed by atoms with Gasteiger partial charge in [0, 0.05) is 38.1 Å². The number of aromatic nitrogens is 3. The van der Waals surface area contributed by atoms with Crippen LogP contribution in [0.4, 0.5) is 15.8 Å². The zero-order chi connectivity index (χ0) is 30.8. The van der Waals surface area contributed by atoms with Gasteiger partial charge in [-0.05, 0) is 66.3 Å². The molecule has 2 amide bonds. The van der Waals surface area contributed by atoms with E-state index in [2.05, 4.69) is 26.6 Å². The number of anilines is 2. The van der Waals surface area contributed by atoms with Crippen LogP contribution in [0.3, 0.4) is 0 Å². The van der Waals surface area contributed by atoms with Gasteiger partial charge in [0.15, 0.2) is 11.5 Å². The van der Waals surface area contributed by atoms with Crippen LogP contribution >= 0.6 is 11.6 Å². The predicted molar refractivity (Wildman–Crippen MR) is 163 cm³/mol. The van der Waals surface area contributed by atoms with Gasteiger partial charge in [-0.3, -0.25) is 9.59 Å². The van der Waals surface area contributed by atoms with Crippen molar-refractivity contribution in [3.63, 3.8) is 0 Å². The van der Waals surface area contributed by atoms with Gasteiger partial charge < -0.3 is 25.0 Å². The number of carbonyl (C=O) groups is 2. The Morgan fingerprint density at radius 2 is 1.77 bits per heavy atom. The minimum absolute atomic E-state index is 0.0317. The highest BCUT2D eigenvalue weighted by Crippen LogP contribution is 2.38. The lowest BCUT2D eigenvalue weighted by Crippen LogP contribution is -2.46. The third kappa shape index (κ3) is 5.78. The normalized spacial score (nSPS) is 17.0. The fourth-order valence-corrected chi connectivity index (χ4v) is 6.15. The largest absolute Gasteiger partial charge is 0.392 e. The molecule has 1 fully saturated rings. The number of fused-ring (bicyclic) bond motifs is 1. The molecule has 1 saturated heterocycles. The Morgan fingerprint density at radius 1 is 1.05 bits per heavy atom. The number of hydrogen-bond donors (Lipinski definition) is 2. The van der Waals surface area contributed by atoms with Crippen molar-refractivity contribution < 1.29 is 23.8 Å². The Morgan fingerprint density at radius 3 is 2.50 bits per heavy atom. The molecule has 0 aliphatic carbocycles. The lowest BCUT2D eigenvalue weighted by molar-refractivity contribution is -0.121. The van der Waals surface area contributed by atoms with Crippen molar-refractivity contribution >= 4 is 34.8 Å². The second kappa shape index (κ2) is 12.7. The molecule has 4 aromatic rings. The van der Waals surface area contributed by atoms with Crippen molar-refractivity contribution in [2.75, 3.05) is 37.0 Å². The summed E-state index contributed by atoms with van der Waals surface area (Å²) in [5.41, 5.74) is 4.07. The van der Waals surface area contributed by atoms with Crippen LogP contribution in [-0.4, -0.2) is 69.7 Å². The number of benzene rings is 3. The molecule has 3 heterocycles. The number of ether oxygens (including phenoxy) is 1. The lowest BCUT2D eigenvalue weighted by Gasteiger charge is -2.40.